The molecular weight excluding hydrogens is 543 g/mol. The maximum Gasteiger partial charge on any atom is 0.201 e. The molecule has 7 nitrogen and oxygen atoms in total. The molecule has 0 radical (unpaired) electrons. The highest BCUT2D eigenvalue weighted by Crippen LogP contribution is 2.54. The lowest BCUT2D eigenvalue weighted by Gasteiger charge is -2.36. The molecule has 5 rings (SSSR count). The Balaban J connectivity index is 1.92. The Labute approximate surface area is 235 Å². The molecule has 1 aliphatic rings. The molecule has 1 aliphatic carbocycles. The van der Waals surface area contributed by atoms with E-state index in [9.17, 15) is 20.1 Å². The van der Waals surface area contributed by atoms with E-state index in [1.807, 2.05) is 19.9 Å². The van der Waals surface area contributed by atoms with Gasteiger partial charge in [0.2, 0.25) is 5.78 Å². The molecule has 0 spiro atoms. The van der Waals surface area contributed by atoms with E-state index in [1.54, 1.807) is 25.1 Å². The van der Waals surface area contributed by atoms with Crippen molar-refractivity contribution in [1.82, 2.24) is 0 Å². The van der Waals surface area contributed by atoms with Crippen LogP contribution in [0, 0.1) is 6.92 Å². The van der Waals surface area contributed by atoms with Crippen molar-refractivity contribution < 1.29 is 34.3 Å². The van der Waals surface area contributed by atoms with Crippen molar-refractivity contribution in [1.29, 1.82) is 0 Å². The Morgan fingerprint density at radius 2 is 1.33 bits per heavy atom. The Morgan fingerprint density at radius 1 is 0.744 bits per heavy atom. The number of ether oxygens (including phenoxy) is 3. The third-order valence-electron chi connectivity index (χ3n) is 7.58. The van der Waals surface area contributed by atoms with Crippen LogP contribution in [0.25, 0.3) is 21.9 Å². The number of carbonyl (C=O) groups excluding carboxylic acids is 1. The molecule has 0 atom stereocenters. The zero-order valence-electron chi connectivity index (χ0n) is 22.1. The number of halogens is 2. The smallest absolute Gasteiger partial charge is 0.201 e. The minimum absolute atomic E-state index is 0.00506. The molecule has 0 bridgehead atoms. The monoisotopic (exact) mass is 568 g/mol. The second-order valence-corrected chi connectivity index (χ2v) is 10.7. The van der Waals surface area contributed by atoms with Crippen LogP contribution in [-0.4, -0.2) is 42.4 Å². The van der Waals surface area contributed by atoms with Crippen LogP contribution in [0.2, 0.25) is 10.0 Å². The van der Waals surface area contributed by atoms with Crippen LogP contribution in [0.15, 0.2) is 30.3 Å². The van der Waals surface area contributed by atoms with E-state index in [0.29, 0.717) is 55.1 Å². The number of benzene rings is 4. The summed E-state index contributed by atoms with van der Waals surface area (Å²) in [6.07, 6.45) is 0. The van der Waals surface area contributed by atoms with Gasteiger partial charge in [-0.25, -0.2) is 0 Å². The normalized spacial score (nSPS) is 13.7. The second-order valence-electron chi connectivity index (χ2n) is 9.95. The molecule has 3 N–H and O–H groups in total. The summed E-state index contributed by atoms with van der Waals surface area (Å²) in [4.78, 5) is 13.9. The maximum absolute atomic E-state index is 13.9. The SMILES string of the molecule is COc1cc(-c2c(O)cc(OC)c(Cl)c2C)c2c(O)c3c(cc2c1)C(C)(C)c1cc(OC)c(Cl)c(O)c1C3=O. The Hall–Kier alpha value is -3.81. The fourth-order valence-electron chi connectivity index (χ4n) is 5.53. The van der Waals surface area contributed by atoms with Gasteiger partial charge in [-0.2, -0.15) is 0 Å². The summed E-state index contributed by atoms with van der Waals surface area (Å²) in [6.45, 7) is 5.49. The quantitative estimate of drug-likeness (QED) is 0.240. The third kappa shape index (κ3) is 3.67. The van der Waals surface area contributed by atoms with E-state index in [-0.39, 0.29) is 33.4 Å². The number of phenols is 3. The molecule has 0 heterocycles. The molecule has 39 heavy (non-hydrogen) atoms. The Morgan fingerprint density at radius 3 is 1.95 bits per heavy atom. The number of hydrogen-bond donors (Lipinski definition) is 3. The zero-order chi connectivity index (χ0) is 28.5. The standard InChI is InChI=1S/C30H26Cl2O7/c1-12-21(18(33)11-20(39-6)25(12)31)15-9-14(37-4)7-13-8-16-23(27(34)22(13)15)28(35)24-17(30(16,2)3)10-19(38-5)26(32)29(24)36/h7-11,33-34,36H,1-6H3. The van der Waals surface area contributed by atoms with Crippen LogP contribution in [-0.2, 0) is 5.41 Å². The van der Waals surface area contributed by atoms with Gasteiger partial charge >= 0.3 is 0 Å². The number of rotatable bonds is 4. The number of phenolic OH excluding ortho intramolecular Hbond substituents is 3. The molecule has 0 saturated heterocycles. The molecule has 4 aromatic rings. The number of methoxy groups -OCH3 is 3. The number of ketones is 1. The summed E-state index contributed by atoms with van der Waals surface area (Å²) in [5, 5.41) is 34.9. The van der Waals surface area contributed by atoms with Crippen molar-refractivity contribution in [3.63, 3.8) is 0 Å². The number of hydrogen-bond acceptors (Lipinski definition) is 7. The van der Waals surface area contributed by atoms with Gasteiger partial charge in [0.1, 0.15) is 39.5 Å². The van der Waals surface area contributed by atoms with Gasteiger partial charge in [-0.3, -0.25) is 4.79 Å². The van der Waals surface area contributed by atoms with Gasteiger partial charge < -0.3 is 29.5 Å². The molecule has 202 valence electrons. The summed E-state index contributed by atoms with van der Waals surface area (Å²) in [6, 6.07) is 8.24. The van der Waals surface area contributed by atoms with Crippen LogP contribution in [0.3, 0.4) is 0 Å². The van der Waals surface area contributed by atoms with Crippen molar-refractivity contribution in [2.45, 2.75) is 26.2 Å². The summed E-state index contributed by atoms with van der Waals surface area (Å²) in [5.74, 6) is -0.450. The predicted octanol–water partition coefficient (Wildman–Crippen LogP) is 7.13. The van der Waals surface area contributed by atoms with Crippen LogP contribution < -0.4 is 14.2 Å². The molecule has 0 aromatic heterocycles. The highest BCUT2D eigenvalue weighted by molar-refractivity contribution is 6.35. The fourth-order valence-corrected chi connectivity index (χ4v) is 5.98. The van der Waals surface area contributed by atoms with Crippen molar-refractivity contribution in [3.8, 4) is 45.6 Å². The van der Waals surface area contributed by atoms with E-state index in [0.717, 1.165) is 0 Å². The topological polar surface area (TPSA) is 105 Å². The first kappa shape index (κ1) is 26.8. The van der Waals surface area contributed by atoms with Gasteiger partial charge in [-0.05, 0) is 53.3 Å². The lowest BCUT2D eigenvalue weighted by molar-refractivity contribution is 0.102. The summed E-state index contributed by atoms with van der Waals surface area (Å²) in [5.41, 5.74) is 1.49. The van der Waals surface area contributed by atoms with Gasteiger partial charge in [0.25, 0.3) is 0 Å². The lowest BCUT2D eigenvalue weighted by atomic mass is 9.67. The van der Waals surface area contributed by atoms with Gasteiger partial charge in [-0.1, -0.05) is 37.0 Å². The summed E-state index contributed by atoms with van der Waals surface area (Å²) >= 11 is 12.8. The fraction of sp³-hybridized carbons (Fsp3) is 0.233. The highest BCUT2D eigenvalue weighted by Gasteiger charge is 2.42. The molecule has 0 amide bonds. The van der Waals surface area contributed by atoms with Crippen LogP contribution >= 0.6 is 23.2 Å². The van der Waals surface area contributed by atoms with E-state index < -0.39 is 16.9 Å². The molecule has 0 aliphatic heterocycles. The first-order valence-electron chi connectivity index (χ1n) is 12.0. The molecular formula is C30H26Cl2O7. The lowest BCUT2D eigenvalue weighted by Crippen LogP contribution is -2.31. The average Bonchev–Trinajstić information content (AvgIpc) is 2.90. The number of carbonyl (C=O) groups is 1. The minimum atomic E-state index is -0.843. The van der Waals surface area contributed by atoms with Crippen LogP contribution in [0.1, 0.15) is 46.5 Å². The Bertz CT molecular complexity index is 1720. The largest absolute Gasteiger partial charge is 0.507 e. The molecule has 0 fully saturated rings. The van der Waals surface area contributed by atoms with Crippen LogP contribution in [0.5, 0.6) is 34.5 Å². The highest BCUT2D eigenvalue weighted by atomic mass is 35.5. The summed E-state index contributed by atoms with van der Waals surface area (Å²) in [7, 11) is 4.38. The van der Waals surface area contributed by atoms with Crippen molar-refractivity contribution in [2.75, 3.05) is 21.3 Å². The van der Waals surface area contributed by atoms with E-state index in [1.165, 1.54) is 27.4 Å². The average molecular weight is 569 g/mol. The predicted molar refractivity (Wildman–Crippen MR) is 151 cm³/mol. The number of aromatic hydroxyl groups is 3. The first-order chi connectivity index (χ1) is 18.4. The molecule has 4 aromatic carbocycles. The zero-order valence-corrected chi connectivity index (χ0v) is 23.6. The summed E-state index contributed by atoms with van der Waals surface area (Å²) < 4.78 is 16.2. The van der Waals surface area contributed by atoms with Gasteiger partial charge in [-0.15, -0.1) is 0 Å². The van der Waals surface area contributed by atoms with E-state index in [4.69, 9.17) is 37.4 Å². The number of fused-ring (bicyclic) bond motifs is 3. The second kappa shape index (κ2) is 9.14. The van der Waals surface area contributed by atoms with E-state index >= 15 is 0 Å². The first-order valence-corrected chi connectivity index (χ1v) is 12.7. The van der Waals surface area contributed by atoms with Gasteiger partial charge in [0.05, 0.1) is 37.5 Å². The van der Waals surface area contributed by atoms with Gasteiger partial charge in [0.15, 0.2) is 0 Å². The Kier molecular flexibility index (Phi) is 6.28. The third-order valence-corrected chi connectivity index (χ3v) is 8.42. The molecule has 9 heteroatoms. The minimum Gasteiger partial charge on any atom is -0.507 e. The van der Waals surface area contributed by atoms with Crippen molar-refractivity contribution >= 4 is 39.8 Å². The van der Waals surface area contributed by atoms with Crippen LogP contribution in [0.4, 0.5) is 0 Å². The van der Waals surface area contributed by atoms with Crippen molar-refractivity contribution in [2.24, 2.45) is 0 Å². The maximum atomic E-state index is 13.9. The molecule has 0 unspecified atom stereocenters. The van der Waals surface area contributed by atoms with Crippen molar-refractivity contribution in [3.05, 3.63) is 68.2 Å². The molecule has 0 saturated carbocycles. The van der Waals surface area contributed by atoms with Gasteiger partial charge in [0, 0.05) is 28.0 Å². The van der Waals surface area contributed by atoms with E-state index in [2.05, 4.69) is 0 Å².